The van der Waals surface area contributed by atoms with E-state index in [0.29, 0.717) is 11.4 Å². The Kier molecular flexibility index (Phi) is 2.81. The molecule has 4 heteroatoms. The third kappa shape index (κ3) is 2.00. The van der Waals surface area contributed by atoms with Crippen molar-refractivity contribution in [2.45, 2.75) is 0 Å². The molecule has 82 valence electrons. The van der Waals surface area contributed by atoms with Gasteiger partial charge in [0.15, 0.2) is 0 Å². The van der Waals surface area contributed by atoms with Gasteiger partial charge in [0.05, 0.1) is 19.0 Å². The molecular weight excluding hydrogens is 212 g/mol. The molecule has 0 bridgehead atoms. The van der Waals surface area contributed by atoms with Gasteiger partial charge in [-0.1, -0.05) is 0 Å². The van der Waals surface area contributed by atoms with E-state index in [-0.39, 0.29) is 5.56 Å². The van der Waals surface area contributed by atoms with E-state index in [1.54, 1.807) is 12.1 Å². The summed E-state index contributed by atoms with van der Waals surface area (Å²) in [5.74, 6) is -0.640. The van der Waals surface area contributed by atoms with Crippen molar-refractivity contribution in [3.63, 3.8) is 0 Å². The first kappa shape index (κ1) is 10.5. The Balaban J connectivity index is 2.42. The molecule has 0 radical (unpaired) electrons. The van der Waals surface area contributed by atoms with Gasteiger partial charge in [-0.25, -0.2) is 8.78 Å². The lowest BCUT2D eigenvalue weighted by molar-refractivity contribution is 0.413. The number of nitrogens with zero attached hydrogens (tertiary/aromatic N) is 1. The third-order valence-corrected chi connectivity index (χ3v) is 2.18. The zero-order valence-corrected chi connectivity index (χ0v) is 8.58. The normalized spacial score (nSPS) is 10.2. The summed E-state index contributed by atoms with van der Waals surface area (Å²) in [6, 6.07) is 6.69. The Morgan fingerprint density at radius 3 is 2.50 bits per heavy atom. The van der Waals surface area contributed by atoms with Gasteiger partial charge in [-0.2, -0.15) is 0 Å². The quantitative estimate of drug-likeness (QED) is 0.777. The lowest BCUT2D eigenvalue weighted by Crippen LogP contribution is -1.90. The third-order valence-electron chi connectivity index (χ3n) is 2.18. The van der Waals surface area contributed by atoms with Crippen LogP contribution in [0.1, 0.15) is 0 Å². The zero-order valence-electron chi connectivity index (χ0n) is 8.58. The molecule has 1 aromatic carbocycles. The smallest absolute Gasteiger partial charge is 0.137 e. The van der Waals surface area contributed by atoms with Gasteiger partial charge >= 0.3 is 0 Å². The Morgan fingerprint density at radius 2 is 1.94 bits per heavy atom. The van der Waals surface area contributed by atoms with E-state index in [2.05, 4.69) is 4.98 Å². The fraction of sp³-hybridized carbons (Fsp3) is 0.0833. The van der Waals surface area contributed by atoms with Crippen LogP contribution in [0, 0.1) is 11.6 Å². The van der Waals surface area contributed by atoms with Crippen LogP contribution in [0.15, 0.2) is 36.5 Å². The molecule has 0 saturated heterocycles. The molecule has 0 spiro atoms. The fourth-order valence-corrected chi connectivity index (χ4v) is 1.36. The van der Waals surface area contributed by atoms with Crippen molar-refractivity contribution in [3.8, 4) is 17.0 Å². The van der Waals surface area contributed by atoms with Crippen molar-refractivity contribution in [1.82, 2.24) is 4.98 Å². The van der Waals surface area contributed by atoms with Crippen molar-refractivity contribution < 1.29 is 13.5 Å². The summed E-state index contributed by atoms with van der Waals surface area (Å²) in [5.41, 5.74) is 0.711. The highest BCUT2D eigenvalue weighted by atomic mass is 19.1. The SMILES string of the molecule is COc1ccc(-c2ccc(F)cc2F)nc1. The maximum absolute atomic E-state index is 13.4. The second-order valence-electron chi connectivity index (χ2n) is 3.21. The van der Waals surface area contributed by atoms with Crippen LogP contribution < -0.4 is 4.74 Å². The highest BCUT2D eigenvalue weighted by Crippen LogP contribution is 2.22. The van der Waals surface area contributed by atoms with Gasteiger partial charge in [0.1, 0.15) is 17.4 Å². The molecule has 0 unspecified atom stereocenters. The molecule has 1 heterocycles. The molecule has 0 amide bonds. The van der Waals surface area contributed by atoms with E-state index in [0.717, 1.165) is 6.07 Å². The summed E-state index contributed by atoms with van der Waals surface area (Å²) in [4.78, 5) is 4.02. The summed E-state index contributed by atoms with van der Waals surface area (Å²) in [6.07, 6.45) is 1.48. The van der Waals surface area contributed by atoms with Crippen LogP contribution in [0.3, 0.4) is 0 Å². The summed E-state index contributed by atoms with van der Waals surface area (Å²) < 4.78 is 31.0. The molecule has 0 fully saturated rings. The molecule has 0 aliphatic rings. The minimum absolute atomic E-state index is 0.268. The van der Waals surface area contributed by atoms with Gasteiger partial charge in [0, 0.05) is 11.6 Å². The molecule has 0 aliphatic carbocycles. The second kappa shape index (κ2) is 4.26. The number of pyridine rings is 1. The van der Waals surface area contributed by atoms with Crippen molar-refractivity contribution in [3.05, 3.63) is 48.2 Å². The predicted octanol–water partition coefficient (Wildman–Crippen LogP) is 3.04. The van der Waals surface area contributed by atoms with E-state index in [4.69, 9.17) is 4.74 Å². The fourth-order valence-electron chi connectivity index (χ4n) is 1.36. The molecular formula is C12H9F2NO. The van der Waals surface area contributed by atoms with Crippen LogP contribution in [0.2, 0.25) is 0 Å². The molecule has 0 N–H and O–H groups in total. The van der Waals surface area contributed by atoms with E-state index < -0.39 is 11.6 Å². The van der Waals surface area contributed by atoms with Gasteiger partial charge in [-0.3, -0.25) is 4.98 Å². The Bertz CT molecular complexity index is 497. The van der Waals surface area contributed by atoms with Crippen molar-refractivity contribution in [2.24, 2.45) is 0 Å². The number of hydrogen-bond acceptors (Lipinski definition) is 2. The van der Waals surface area contributed by atoms with Crippen molar-refractivity contribution in [2.75, 3.05) is 7.11 Å². The van der Waals surface area contributed by atoms with E-state index >= 15 is 0 Å². The van der Waals surface area contributed by atoms with Gasteiger partial charge in [0.25, 0.3) is 0 Å². The maximum Gasteiger partial charge on any atom is 0.137 e. The van der Waals surface area contributed by atoms with Crippen LogP contribution in [0.25, 0.3) is 11.3 Å². The maximum atomic E-state index is 13.4. The lowest BCUT2D eigenvalue weighted by Gasteiger charge is -2.04. The number of benzene rings is 1. The minimum Gasteiger partial charge on any atom is -0.495 e. The first-order valence-electron chi connectivity index (χ1n) is 4.66. The summed E-state index contributed by atoms with van der Waals surface area (Å²) in [7, 11) is 1.52. The van der Waals surface area contributed by atoms with Gasteiger partial charge in [0.2, 0.25) is 0 Å². The minimum atomic E-state index is -0.627. The van der Waals surface area contributed by atoms with Gasteiger partial charge in [-0.15, -0.1) is 0 Å². The number of rotatable bonds is 2. The largest absolute Gasteiger partial charge is 0.495 e. The standard InChI is InChI=1S/C12H9F2NO/c1-16-9-3-5-12(15-7-9)10-4-2-8(13)6-11(10)14/h2-7H,1H3. The van der Waals surface area contributed by atoms with Crippen LogP contribution in [0.4, 0.5) is 8.78 Å². The number of methoxy groups -OCH3 is 1. The van der Waals surface area contributed by atoms with E-state index in [1.807, 2.05) is 0 Å². The van der Waals surface area contributed by atoms with Crippen LogP contribution in [0.5, 0.6) is 5.75 Å². The number of hydrogen-bond donors (Lipinski definition) is 0. The van der Waals surface area contributed by atoms with Crippen LogP contribution >= 0.6 is 0 Å². The zero-order chi connectivity index (χ0) is 11.5. The number of halogens is 2. The lowest BCUT2D eigenvalue weighted by atomic mass is 10.1. The second-order valence-corrected chi connectivity index (χ2v) is 3.21. The average Bonchev–Trinajstić information content (AvgIpc) is 2.29. The molecule has 2 aromatic rings. The monoisotopic (exact) mass is 221 g/mol. The topological polar surface area (TPSA) is 22.1 Å². The highest BCUT2D eigenvalue weighted by Gasteiger charge is 2.07. The molecule has 2 nitrogen and oxygen atoms in total. The Labute approximate surface area is 91.5 Å². The van der Waals surface area contributed by atoms with Gasteiger partial charge in [-0.05, 0) is 24.3 Å². The average molecular weight is 221 g/mol. The summed E-state index contributed by atoms with van der Waals surface area (Å²) in [5, 5.41) is 0. The molecule has 2 rings (SSSR count). The summed E-state index contributed by atoms with van der Waals surface area (Å²) in [6.45, 7) is 0. The van der Waals surface area contributed by atoms with Crippen LogP contribution in [-0.2, 0) is 0 Å². The number of aromatic nitrogens is 1. The first-order valence-corrected chi connectivity index (χ1v) is 4.66. The first-order chi connectivity index (χ1) is 7.70. The number of ether oxygens (including phenoxy) is 1. The van der Waals surface area contributed by atoms with E-state index in [9.17, 15) is 8.78 Å². The molecule has 0 saturated carbocycles. The molecule has 0 atom stereocenters. The molecule has 1 aromatic heterocycles. The van der Waals surface area contributed by atoms with Crippen molar-refractivity contribution in [1.29, 1.82) is 0 Å². The summed E-state index contributed by atoms with van der Waals surface area (Å²) >= 11 is 0. The predicted molar refractivity (Wildman–Crippen MR) is 56.1 cm³/mol. The van der Waals surface area contributed by atoms with E-state index in [1.165, 1.54) is 25.4 Å². The van der Waals surface area contributed by atoms with Gasteiger partial charge < -0.3 is 4.74 Å². The highest BCUT2D eigenvalue weighted by molar-refractivity contribution is 5.60. The van der Waals surface area contributed by atoms with Crippen molar-refractivity contribution >= 4 is 0 Å². The van der Waals surface area contributed by atoms with Crippen LogP contribution in [-0.4, -0.2) is 12.1 Å². The Morgan fingerprint density at radius 1 is 1.12 bits per heavy atom. The Hall–Kier alpha value is -1.97. The molecule has 0 aliphatic heterocycles. The molecule has 16 heavy (non-hydrogen) atoms.